The molecule has 0 radical (unpaired) electrons. The van der Waals surface area contributed by atoms with Crippen molar-refractivity contribution < 1.29 is 19.0 Å². The van der Waals surface area contributed by atoms with Crippen molar-refractivity contribution in [3.8, 4) is 28.5 Å². The van der Waals surface area contributed by atoms with E-state index in [0.29, 0.717) is 28.5 Å². The van der Waals surface area contributed by atoms with Crippen LogP contribution in [0, 0.1) is 6.92 Å². The van der Waals surface area contributed by atoms with Crippen molar-refractivity contribution in [3.63, 3.8) is 0 Å². The van der Waals surface area contributed by atoms with E-state index in [1.165, 1.54) is 0 Å². The van der Waals surface area contributed by atoms with Gasteiger partial charge in [-0.05, 0) is 19.1 Å². The number of nitrogens with one attached hydrogen (secondary N) is 1. The van der Waals surface area contributed by atoms with Crippen LogP contribution < -0.4 is 14.2 Å². The van der Waals surface area contributed by atoms with E-state index in [0.717, 1.165) is 11.1 Å². The largest absolute Gasteiger partial charge is 0.493 e. The number of benzene rings is 2. The lowest BCUT2D eigenvalue weighted by atomic mass is 10.1. The molecular formula is C20H20N2O4. The first-order chi connectivity index (χ1) is 12.6. The van der Waals surface area contributed by atoms with Gasteiger partial charge in [0.1, 0.15) is 0 Å². The summed E-state index contributed by atoms with van der Waals surface area (Å²) in [7, 11) is 4.66. The fourth-order valence-electron chi connectivity index (χ4n) is 2.66. The molecule has 0 aliphatic carbocycles. The first-order valence-corrected chi connectivity index (χ1v) is 8.04. The number of nitrogens with zero attached hydrogens (tertiary/aromatic N) is 1. The van der Waals surface area contributed by atoms with Gasteiger partial charge in [-0.15, -0.1) is 0 Å². The zero-order valence-electron chi connectivity index (χ0n) is 15.1. The van der Waals surface area contributed by atoms with E-state index in [4.69, 9.17) is 14.2 Å². The van der Waals surface area contributed by atoms with E-state index in [9.17, 15) is 4.79 Å². The first-order valence-electron chi connectivity index (χ1n) is 8.04. The number of hydrogen-bond donors (Lipinski definition) is 1. The molecule has 0 aliphatic heterocycles. The van der Waals surface area contributed by atoms with Gasteiger partial charge in [0.15, 0.2) is 17.3 Å². The summed E-state index contributed by atoms with van der Waals surface area (Å²) in [6, 6.07) is 11.0. The normalized spacial score (nSPS) is 10.5. The number of ether oxygens (including phenoxy) is 3. The molecule has 134 valence electrons. The number of hydrogen-bond acceptors (Lipinski definition) is 5. The van der Waals surface area contributed by atoms with Crippen molar-refractivity contribution >= 4 is 5.78 Å². The SMILES string of the molecule is COc1cc(-c2cnc(C(=O)c3ccc(C)cc3)[nH]2)cc(OC)c1OC. The summed E-state index contributed by atoms with van der Waals surface area (Å²) in [4.78, 5) is 19.9. The third-order valence-electron chi connectivity index (χ3n) is 4.08. The third-order valence-corrected chi connectivity index (χ3v) is 4.08. The Morgan fingerprint density at radius 2 is 1.58 bits per heavy atom. The van der Waals surface area contributed by atoms with Crippen LogP contribution in [0.1, 0.15) is 21.7 Å². The van der Waals surface area contributed by atoms with Crippen molar-refractivity contribution in [1.29, 1.82) is 0 Å². The molecule has 0 bridgehead atoms. The Morgan fingerprint density at radius 3 is 2.12 bits per heavy atom. The standard InChI is InChI=1S/C20H20N2O4/c1-12-5-7-13(8-6-12)18(23)20-21-11-15(22-20)14-9-16(24-2)19(26-4)17(10-14)25-3/h5-11H,1-4H3,(H,21,22). The number of aromatic nitrogens is 2. The summed E-state index contributed by atoms with van der Waals surface area (Å²) in [5, 5.41) is 0. The molecule has 1 aromatic heterocycles. The highest BCUT2D eigenvalue weighted by Gasteiger charge is 2.17. The first kappa shape index (κ1) is 17.5. The summed E-state index contributed by atoms with van der Waals surface area (Å²) >= 11 is 0. The lowest BCUT2D eigenvalue weighted by Gasteiger charge is -2.13. The van der Waals surface area contributed by atoms with Crippen LogP contribution in [0.3, 0.4) is 0 Å². The Balaban J connectivity index is 1.97. The summed E-state index contributed by atoms with van der Waals surface area (Å²) < 4.78 is 16.1. The van der Waals surface area contributed by atoms with Gasteiger partial charge < -0.3 is 19.2 Å². The Morgan fingerprint density at radius 1 is 0.962 bits per heavy atom. The molecule has 1 heterocycles. The van der Waals surface area contributed by atoms with Crippen LogP contribution in [-0.4, -0.2) is 37.1 Å². The summed E-state index contributed by atoms with van der Waals surface area (Å²) in [6.45, 7) is 1.98. The maximum Gasteiger partial charge on any atom is 0.228 e. The smallest absolute Gasteiger partial charge is 0.228 e. The average Bonchev–Trinajstić information content (AvgIpc) is 3.17. The van der Waals surface area contributed by atoms with E-state index < -0.39 is 0 Å². The van der Waals surface area contributed by atoms with Gasteiger partial charge in [-0.3, -0.25) is 4.79 Å². The lowest BCUT2D eigenvalue weighted by molar-refractivity contribution is 0.103. The second-order valence-corrected chi connectivity index (χ2v) is 5.75. The molecule has 0 amide bonds. The fraction of sp³-hybridized carbons (Fsp3) is 0.200. The molecule has 3 rings (SSSR count). The number of carbonyl (C=O) groups is 1. The van der Waals surface area contributed by atoms with Crippen LogP contribution in [0.15, 0.2) is 42.6 Å². The predicted molar refractivity (Wildman–Crippen MR) is 98.3 cm³/mol. The number of imidazole rings is 1. The van der Waals surface area contributed by atoms with Crippen molar-refractivity contribution in [1.82, 2.24) is 9.97 Å². The molecule has 6 heteroatoms. The molecule has 2 aromatic carbocycles. The molecule has 3 aromatic rings. The zero-order chi connectivity index (χ0) is 18.7. The van der Waals surface area contributed by atoms with Crippen LogP contribution >= 0.6 is 0 Å². The molecule has 6 nitrogen and oxygen atoms in total. The van der Waals surface area contributed by atoms with Gasteiger partial charge in [0.25, 0.3) is 0 Å². The second kappa shape index (κ2) is 7.31. The molecule has 1 N–H and O–H groups in total. The van der Waals surface area contributed by atoms with Gasteiger partial charge in [-0.1, -0.05) is 29.8 Å². The Hall–Kier alpha value is -3.28. The van der Waals surface area contributed by atoms with E-state index in [1.54, 1.807) is 51.8 Å². The van der Waals surface area contributed by atoms with E-state index in [-0.39, 0.29) is 11.6 Å². The molecular weight excluding hydrogens is 332 g/mol. The van der Waals surface area contributed by atoms with Crippen LogP contribution in [0.5, 0.6) is 17.2 Å². The zero-order valence-corrected chi connectivity index (χ0v) is 15.1. The minimum Gasteiger partial charge on any atom is -0.493 e. The number of aryl methyl sites for hydroxylation is 1. The quantitative estimate of drug-likeness (QED) is 0.686. The number of rotatable bonds is 6. The van der Waals surface area contributed by atoms with Crippen molar-refractivity contribution in [2.24, 2.45) is 0 Å². The van der Waals surface area contributed by atoms with Crippen molar-refractivity contribution in [2.75, 3.05) is 21.3 Å². The average molecular weight is 352 g/mol. The minimum atomic E-state index is -0.163. The highest BCUT2D eigenvalue weighted by atomic mass is 16.5. The highest BCUT2D eigenvalue weighted by molar-refractivity contribution is 6.06. The van der Waals surface area contributed by atoms with E-state index in [2.05, 4.69) is 9.97 Å². The van der Waals surface area contributed by atoms with Gasteiger partial charge in [0, 0.05) is 11.1 Å². The van der Waals surface area contributed by atoms with Gasteiger partial charge in [-0.2, -0.15) is 0 Å². The fourth-order valence-corrected chi connectivity index (χ4v) is 2.66. The van der Waals surface area contributed by atoms with E-state index in [1.807, 2.05) is 19.1 Å². The van der Waals surface area contributed by atoms with E-state index >= 15 is 0 Å². The molecule has 0 saturated carbocycles. The van der Waals surface area contributed by atoms with Crippen LogP contribution in [0.4, 0.5) is 0 Å². The van der Waals surface area contributed by atoms with Gasteiger partial charge in [-0.25, -0.2) is 4.98 Å². The molecule has 26 heavy (non-hydrogen) atoms. The highest BCUT2D eigenvalue weighted by Crippen LogP contribution is 2.40. The van der Waals surface area contributed by atoms with Gasteiger partial charge in [0.2, 0.25) is 11.5 Å². The number of H-pyrrole nitrogens is 1. The van der Waals surface area contributed by atoms with Gasteiger partial charge in [0.05, 0.1) is 33.2 Å². The number of methoxy groups -OCH3 is 3. The monoisotopic (exact) mass is 352 g/mol. The Kier molecular flexibility index (Phi) is 4.93. The van der Waals surface area contributed by atoms with Crippen LogP contribution in [0.2, 0.25) is 0 Å². The second-order valence-electron chi connectivity index (χ2n) is 5.75. The number of ketones is 1. The summed E-state index contributed by atoms with van der Waals surface area (Å²) in [5.74, 6) is 1.68. The van der Waals surface area contributed by atoms with Crippen LogP contribution in [-0.2, 0) is 0 Å². The molecule has 0 saturated heterocycles. The number of aromatic amines is 1. The Bertz CT molecular complexity index is 904. The molecule has 0 spiro atoms. The molecule has 0 aliphatic rings. The van der Waals surface area contributed by atoms with Crippen molar-refractivity contribution in [2.45, 2.75) is 6.92 Å². The third kappa shape index (κ3) is 3.26. The van der Waals surface area contributed by atoms with Crippen LogP contribution in [0.25, 0.3) is 11.3 Å². The summed E-state index contributed by atoms with van der Waals surface area (Å²) in [5.41, 5.74) is 3.13. The maximum absolute atomic E-state index is 12.6. The molecule has 0 fully saturated rings. The predicted octanol–water partition coefficient (Wildman–Crippen LogP) is 3.64. The Labute approximate surface area is 151 Å². The minimum absolute atomic E-state index is 0.163. The summed E-state index contributed by atoms with van der Waals surface area (Å²) in [6.07, 6.45) is 1.61. The lowest BCUT2D eigenvalue weighted by Crippen LogP contribution is -2.03. The number of carbonyl (C=O) groups excluding carboxylic acids is 1. The maximum atomic E-state index is 12.6. The molecule has 0 unspecified atom stereocenters. The topological polar surface area (TPSA) is 73.4 Å². The van der Waals surface area contributed by atoms with Crippen molar-refractivity contribution in [3.05, 3.63) is 59.5 Å². The molecule has 0 atom stereocenters. The van der Waals surface area contributed by atoms with Gasteiger partial charge >= 0.3 is 0 Å².